The summed E-state index contributed by atoms with van der Waals surface area (Å²) in [5.74, 6) is 0.560. The molecule has 22 heavy (non-hydrogen) atoms. The third-order valence-electron chi connectivity index (χ3n) is 3.60. The number of anilines is 2. The van der Waals surface area contributed by atoms with Gasteiger partial charge in [0.05, 0.1) is 11.4 Å². The summed E-state index contributed by atoms with van der Waals surface area (Å²) in [6.45, 7) is 11.7. The first kappa shape index (κ1) is 14.1. The van der Waals surface area contributed by atoms with Crippen LogP contribution in [0.4, 0.5) is 11.5 Å². The van der Waals surface area contributed by atoms with Crippen molar-refractivity contribution in [1.82, 2.24) is 19.9 Å². The van der Waals surface area contributed by atoms with E-state index in [1.165, 1.54) is 6.33 Å². The van der Waals surface area contributed by atoms with Crippen LogP contribution in [0.5, 0.6) is 0 Å². The van der Waals surface area contributed by atoms with E-state index in [2.05, 4.69) is 33.8 Å². The molecule has 0 saturated carbocycles. The van der Waals surface area contributed by atoms with Crippen molar-refractivity contribution >= 4 is 23.3 Å². The van der Waals surface area contributed by atoms with Crippen LogP contribution in [-0.2, 0) is 5.66 Å². The van der Waals surface area contributed by atoms with Gasteiger partial charge in [-0.1, -0.05) is 19.2 Å². The van der Waals surface area contributed by atoms with Crippen molar-refractivity contribution in [3.8, 4) is 0 Å². The molecule has 0 amide bonds. The van der Waals surface area contributed by atoms with Crippen molar-refractivity contribution < 1.29 is 0 Å². The molecule has 1 aliphatic heterocycles. The average molecular weight is 295 g/mol. The van der Waals surface area contributed by atoms with E-state index in [1.807, 2.05) is 13.8 Å². The fourth-order valence-corrected chi connectivity index (χ4v) is 2.71. The Bertz CT molecular complexity index is 820. The van der Waals surface area contributed by atoms with E-state index >= 15 is 0 Å². The van der Waals surface area contributed by atoms with Gasteiger partial charge < -0.3 is 10.6 Å². The molecule has 0 atom stereocenters. The highest BCUT2D eigenvalue weighted by Gasteiger charge is 2.34. The van der Waals surface area contributed by atoms with Gasteiger partial charge in [0.15, 0.2) is 0 Å². The van der Waals surface area contributed by atoms with E-state index in [1.54, 1.807) is 29.0 Å². The van der Waals surface area contributed by atoms with Crippen LogP contribution in [0, 0.1) is 0 Å². The summed E-state index contributed by atoms with van der Waals surface area (Å²) in [4.78, 5) is 20.8. The number of nitrogens with one attached hydrogen (secondary N) is 2. The maximum absolute atomic E-state index is 12.8. The second-order valence-electron chi connectivity index (χ2n) is 5.59. The van der Waals surface area contributed by atoms with Gasteiger partial charge in [-0.2, -0.15) is 0 Å². The van der Waals surface area contributed by atoms with Gasteiger partial charge in [-0.25, -0.2) is 9.97 Å². The van der Waals surface area contributed by atoms with Crippen LogP contribution in [0.2, 0.25) is 0 Å². The minimum atomic E-state index is -0.551. The topological polar surface area (TPSA) is 71.8 Å². The van der Waals surface area contributed by atoms with Crippen LogP contribution < -0.4 is 16.2 Å². The summed E-state index contributed by atoms with van der Waals surface area (Å²) >= 11 is 0. The lowest BCUT2D eigenvalue weighted by Crippen LogP contribution is -2.41. The summed E-state index contributed by atoms with van der Waals surface area (Å²) in [5.41, 5.74) is 2.05. The number of aromatic nitrogens is 3. The number of nitrogens with zero attached hydrogens (tertiary/aromatic N) is 3. The maximum atomic E-state index is 12.8. The fraction of sp³-hybridized carbons (Fsp3) is 0.188. The molecular weight excluding hydrogens is 278 g/mol. The van der Waals surface area contributed by atoms with Gasteiger partial charge in [0.2, 0.25) is 0 Å². The normalized spacial score (nSPS) is 15.1. The van der Waals surface area contributed by atoms with Crippen molar-refractivity contribution in [2.75, 3.05) is 5.32 Å². The van der Waals surface area contributed by atoms with Crippen LogP contribution in [-0.4, -0.2) is 14.5 Å². The van der Waals surface area contributed by atoms with E-state index in [9.17, 15) is 4.79 Å². The van der Waals surface area contributed by atoms with Crippen molar-refractivity contribution in [2.45, 2.75) is 19.5 Å². The van der Waals surface area contributed by atoms with Gasteiger partial charge in [0.1, 0.15) is 23.5 Å². The molecule has 3 heterocycles. The maximum Gasteiger partial charge on any atom is 0.276 e. The highest BCUT2D eigenvalue weighted by atomic mass is 16.1. The number of rotatable bonds is 3. The summed E-state index contributed by atoms with van der Waals surface area (Å²) in [6, 6.07) is 3.46. The smallest absolute Gasteiger partial charge is 0.276 e. The van der Waals surface area contributed by atoms with Crippen molar-refractivity contribution in [1.29, 1.82) is 0 Å². The van der Waals surface area contributed by atoms with Crippen molar-refractivity contribution in [3.63, 3.8) is 0 Å². The predicted molar refractivity (Wildman–Crippen MR) is 87.6 cm³/mol. The molecule has 2 aromatic heterocycles. The highest BCUT2D eigenvalue weighted by Crippen LogP contribution is 2.31. The minimum Gasteiger partial charge on any atom is -0.362 e. The molecule has 0 unspecified atom stereocenters. The summed E-state index contributed by atoms with van der Waals surface area (Å²) in [7, 11) is 0. The Hall–Kier alpha value is -2.89. The Labute approximate surface area is 128 Å². The molecule has 6 nitrogen and oxygen atoms in total. The van der Waals surface area contributed by atoms with E-state index in [0.29, 0.717) is 17.2 Å². The number of pyridine rings is 1. The van der Waals surface area contributed by atoms with E-state index < -0.39 is 5.66 Å². The summed E-state index contributed by atoms with van der Waals surface area (Å²) < 4.78 is 1.69. The molecule has 1 aliphatic rings. The van der Waals surface area contributed by atoms with Gasteiger partial charge >= 0.3 is 0 Å². The molecule has 0 spiro atoms. The molecule has 112 valence electrons. The zero-order chi connectivity index (χ0) is 15.9. The van der Waals surface area contributed by atoms with Crippen LogP contribution in [0.3, 0.4) is 0 Å². The molecule has 3 rings (SSSR count). The minimum absolute atomic E-state index is 0.143. The number of fused-ring (bicyclic) bond motifs is 1. The van der Waals surface area contributed by atoms with Crippen molar-refractivity contribution in [3.05, 3.63) is 59.4 Å². The monoisotopic (exact) mass is 295 g/mol. The molecule has 6 heteroatoms. The molecule has 2 aromatic rings. The van der Waals surface area contributed by atoms with Gasteiger partial charge in [-0.3, -0.25) is 9.36 Å². The van der Waals surface area contributed by atoms with Gasteiger partial charge in [0.25, 0.3) is 5.56 Å². The molecule has 0 bridgehead atoms. The number of hydrogen-bond donors (Lipinski definition) is 2. The Morgan fingerprint density at radius 3 is 2.86 bits per heavy atom. The molecule has 0 aliphatic carbocycles. The molecule has 0 radical (unpaired) electrons. The first-order valence-corrected chi connectivity index (χ1v) is 6.87. The first-order chi connectivity index (χ1) is 10.4. The molecule has 2 N–H and O–H groups in total. The van der Waals surface area contributed by atoms with E-state index in [0.717, 1.165) is 11.3 Å². The predicted octanol–water partition coefficient (Wildman–Crippen LogP) is 2.29. The van der Waals surface area contributed by atoms with E-state index in [-0.39, 0.29) is 5.56 Å². The first-order valence-electron chi connectivity index (χ1n) is 6.87. The zero-order valence-electron chi connectivity index (χ0n) is 12.6. The molecule has 0 saturated heterocycles. The highest BCUT2D eigenvalue weighted by molar-refractivity contribution is 5.75. The van der Waals surface area contributed by atoms with Crippen LogP contribution >= 0.6 is 0 Å². The largest absolute Gasteiger partial charge is 0.362 e. The zero-order valence-corrected chi connectivity index (χ0v) is 12.6. The van der Waals surface area contributed by atoms with Gasteiger partial charge in [0, 0.05) is 11.8 Å². The van der Waals surface area contributed by atoms with Gasteiger partial charge in [-0.15, -0.1) is 0 Å². The van der Waals surface area contributed by atoms with Crippen LogP contribution in [0.1, 0.15) is 25.1 Å². The molecule has 0 fully saturated rings. The second-order valence-corrected chi connectivity index (χ2v) is 5.59. The summed E-state index contributed by atoms with van der Waals surface area (Å²) in [6.07, 6.45) is 4.75. The van der Waals surface area contributed by atoms with E-state index in [4.69, 9.17) is 0 Å². The lowest BCUT2D eigenvalue weighted by Gasteiger charge is -2.23. The lowest BCUT2D eigenvalue weighted by molar-refractivity contribution is 0.336. The average Bonchev–Trinajstić information content (AvgIpc) is 2.73. The SMILES string of the molecule is C=Cc1cc(Nc2ccncn2)c(=O)n2c1C(=C)NC2(C)C. The van der Waals surface area contributed by atoms with Gasteiger partial charge in [-0.05, 0) is 26.0 Å². The Kier molecular flexibility index (Phi) is 3.09. The Balaban J connectivity index is 2.21. The Morgan fingerprint density at radius 1 is 1.45 bits per heavy atom. The third-order valence-corrected chi connectivity index (χ3v) is 3.60. The van der Waals surface area contributed by atoms with Crippen molar-refractivity contribution in [2.24, 2.45) is 0 Å². The lowest BCUT2D eigenvalue weighted by atomic mass is 10.1. The molecule has 0 aromatic carbocycles. The standard InChI is InChI=1S/C16H17N5O/c1-5-11-8-12(19-13-6-7-17-9-18-13)15(22)21-14(11)10(2)20-16(21,3)4/h5-9,20H,1-2H2,3-4H3,(H,17,18,19). The van der Waals surface area contributed by atoms with Crippen LogP contribution in [0.25, 0.3) is 11.8 Å². The van der Waals surface area contributed by atoms with Crippen LogP contribution in [0.15, 0.2) is 42.6 Å². The number of hydrogen-bond acceptors (Lipinski definition) is 5. The second kappa shape index (κ2) is 4.84. The molecular formula is C16H17N5O. The fourth-order valence-electron chi connectivity index (χ4n) is 2.71. The summed E-state index contributed by atoms with van der Waals surface area (Å²) in [5, 5.41) is 6.27. The Morgan fingerprint density at radius 2 is 2.23 bits per heavy atom. The third kappa shape index (κ3) is 2.09. The quantitative estimate of drug-likeness (QED) is 0.909.